The molecule has 4 rings (SSSR count). The Balaban J connectivity index is 1.76. The van der Waals surface area contributed by atoms with Crippen molar-refractivity contribution >= 4 is 26.8 Å². The molecule has 2 fully saturated rings. The van der Waals surface area contributed by atoms with Crippen molar-refractivity contribution < 1.29 is 13.2 Å². The third-order valence-corrected chi connectivity index (χ3v) is 7.69. The van der Waals surface area contributed by atoms with Gasteiger partial charge in [0.25, 0.3) is 5.91 Å². The molecule has 0 unspecified atom stereocenters. The van der Waals surface area contributed by atoms with Gasteiger partial charge in [-0.15, -0.1) is 0 Å². The molecule has 0 atom stereocenters. The average molecular weight is 404 g/mol. The molecule has 1 amide bonds. The number of rotatable bonds is 4. The minimum atomic E-state index is -3.63. The lowest BCUT2D eigenvalue weighted by atomic mass is 10.1. The lowest BCUT2D eigenvalue weighted by Gasteiger charge is -2.17. The van der Waals surface area contributed by atoms with E-state index in [1.54, 1.807) is 17.7 Å². The number of fused-ring (bicyclic) bond motifs is 1. The van der Waals surface area contributed by atoms with Gasteiger partial charge in [0.1, 0.15) is 5.56 Å². The Morgan fingerprint density at radius 1 is 1.11 bits per heavy atom. The highest BCUT2D eigenvalue weighted by molar-refractivity contribution is 7.89. The maximum atomic E-state index is 13.0. The molecular formula is C20H25N3O4S. The van der Waals surface area contributed by atoms with E-state index in [4.69, 9.17) is 0 Å². The molecule has 8 heteroatoms. The molecule has 0 bridgehead atoms. The van der Waals surface area contributed by atoms with E-state index in [9.17, 15) is 18.0 Å². The summed E-state index contributed by atoms with van der Waals surface area (Å²) in [5.41, 5.74) is 0.225. The fraction of sp³-hybridized carbons (Fsp3) is 0.500. The minimum Gasteiger partial charge on any atom is -0.350 e. The first-order valence-electron chi connectivity index (χ1n) is 9.82. The number of amides is 1. The van der Waals surface area contributed by atoms with Gasteiger partial charge in [-0.1, -0.05) is 12.8 Å². The van der Waals surface area contributed by atoms with Gasteiger partial charge in [0.2, 0.25) is 15.5 Å². The highest BCUT2D eigenvalue weighted by Gasteiger charge is 2.28. The zero-order valence-electron chi connectivity index (χ0n) is 16.0. The topological polar surface area (TPSA) is 88.5 Å². The van der Waals surface area contributed by atoms with E-state index in [1.165, 1.54) is 22.6 Å². The number of nitrogens with one attached hydrogen (secondary N) is 1. The van der Waals surface area contributed by atoms with E-state index in [0.717, 1.165) is 38.5 Å². The average Bonchev–Trinajstić information content (AvgIpc) is 3.38. The van der Waals surface area contributed by atoms with Crippen LogP contribution in [0.3, 0.4) is 0 Å². The molecule has 1 aromatic heterocycles. The van der Waals surface area contributed by atoms with Crippen LogP contribution in [0.1, 0.15) is 48.9 Å². The van der Waals surface area contributed by atoms with Gasteiger partial charge in [0, 0.05) is 37.8 Å². The molecule has 7 nitrogen and oxygen atoms in total. The Morgan fingerprint density at radius 3 is 2.46 bits per heavy atom. The number of benzene rings is 1. The maximum absolute atomic E-state index is 13.0. The molecule has 2 aliphatic rings. The molecule has 2 heterocycles. The van der Waals surface area contributed by atoms with Crippen LogP contribution in [0.4, 0.5) is 0 Å². The Kier molecular flexibility index (Phi) is 5.01. The van der Waals surface area contributed by atoms with Crippen LogP contribution in [0.15, 0.2) is 34.1 Å². The van der Waals surface area contributed by atoms with Crippen LogP contribution < -0.4 is 10.7 Å². The monoisotopic (exact) mass is 403 g/mol. The number of aryl methyl sites for hydroxylation is 1. The lowest BCUT2D eigenvalue weighted by molar-refractivity contribution is 0.0936. The number of sulfonamides is 1. The Labute approximate surface area is 164 Å². The van der Waals surface area contributed by atoms with Crippen LogP contribution in [0.5, 0.6) is 0 Å². The summed E-state index contributed by atoms with van der Waals surface area (Å²) in [6.45, 7) is 1.00. The Bertz CT molecular complexity index is 1080. The first-order chi connectivity index (χ1) is 13.4. The number of hydrogen-bond donors (Lipinski definition) is 1. The molecule has 1 aliphatic carbocycles. The van der Waals surface area contributed by atoms with Gasteiger partial charge in [-0.05, 0) is 43.9 Å². The van der Waals surface area contributed by atoms with Gasteiger partial charge in [-0.25, -0.2) is 8.42 Å². The summed E-state index contributed by atoms with van der Waals surface area (Å²) in [5, 5.41) is 3.19. The zero-order valence-corrected chi connectivity index (χ0v) is 16.8. The van der Waals surface area contributed by atoms with Crippen molar-refractivity contribution in [2.75, 3.05) is 13.1 Å². The predicted molar refractivity (Wildman–Crippen MR) is 107 cm³/mol. The largest absolute Gasteiger partial charge is 0.350 e. The van der Waals surface area contributed by atoms with E-state index in [0.29, 0.717) is 18.6 Å². The summed E-state index contributed by atoms with van der Waals surface area (Å²) in [7, 11) is -1.87. The van der Waals surface area contributed by atoms with Crippen molar-refractivity contribution in [2.45, 2.75) is 49.5 Å². The third kappa shape index (κ3) is 3.35. The SMILES string of the molecule is Cn1cc(C(=O)NC2CCCC2)c(=O)c2cc(S(=O)(=O)N3CCCC3)ccc21. The quantitative estimate of drug-likeness (QED) is 0.846. The summed E-state index contributed by atoms with van der Waals surface area (Å²) < 4.78 is 28.9. The van der Waals surface area contributed by atoms with Gasteiger partial charge in [0.05, 0.1) is 10.4 Å². The molecule has 1 aliphatic heterocycles. The summed E-state index contributed by atoms with van der Waals surface area (Å²) in [6, 6.07) is 4.69. The molecule has 1 saturated carbocycles. The maximum Gasteiger partial charge on any atom is 0.256 e. The predicted octanol–water partition coefficient (Wildman–Crippen LogP) is 2.00. The van der Waals surface area contributed by atoms with E-state index in [-0.39, 0.29) is 27.8 Å². The number of pyridine rings is 1. The van der Waals surface area contributed by atoms with E-state index in [2.05, 4.69) is 5.32 Å². The van der Waals surface area contributed by atoms with Crippen molar-refractivity contribution in [3.05, 3.63) is 40.2 Å². The second kappa shape index (κ2) is 7.33. The van der Waals surface area contributed by atoms with Crippen LogP contribution in [-0.4, -0.2) is 42.3 Å². The summed E-state index contributed by atoms with van der Waals surface area (Å²) in [6.07, 6.45) is 7.25. The number of aromatic nitrogens is 1. The van der Waals surface area contributed by atoms with Crippen LogP contribution in [-0.2, 0) is 17.1 Å². The molecule has 28 heavy (non-hydrogen) atoms. The van der Waals surface area contributed by atoms with Crippen molar-refractivity contribution in [3.63, 3.8) is 0 Å². The van der Waals surface area contributed by atoms with Crippen molar-refractivity contribution in [1.82, 2.24) is 14.2 Å². The molecule has 0 spiro atoms. The Morgan fingerprint density at radius 2 is 1.79 bits per heavy atom. The second-order valence-corrected chi connectivity index (χ2v) is 9.67. The number of carbonyl (C=O) groups is 1. The molecule has 1 saturated heterocycles. The fourth-order valence-electron chi connectivity index (χ4n) is 4.20. The molecule has 0 radical (unpaired) electrons. The smallest absolute Gasteiger partial charge is 0.256 e. The summed E-state index contributed by atoms with van der Waals surface area (Å²) in [5.74, 6) is -0.387. The normalized spacial score (nSPS) is 18.8. The van der Waals surface area contributed by atoms with E-state index in [1.807, 2.05) is 0 Å². The number of nitrogens with zero attached hydrogens (tertiary/aromatic N) is 2. The van der Waals surface area contributed by atoms with Gasteiger partial charge >= 0.3 is 0 Å². The highest BCUT2D eigenvalue weighted by Crippen LogP contribution is 2.24. The second-order valence-electron chi connectivity index (χ2n) is 7.73. The van der Waals surface area contributed by atoms with Crippen molar-refractivity contribution in [1.29, 1.82) is 0 Å². The zero-order chi connectivity index (χ0) is 19.9. The first kappa shape index (κ1) is 19.1. The van der Waals surface area contributed by atoms with Crippen molar-refractivity contribution in [2.24, 2.45) is 7.05 Å². The van der Waals surface area contributed by atoms with Crippen LogP contribution in [0.25, 0.3) is 10.9 Å². The van der Waals surface area contributed by atoms with E-state index >= 15 is 0 Å². The van der Waals surface area contributed by atoms with Gasteiger partial charge in [-0.3, -0.25) is 9.59 Å². The lowest BCUT2D eigenvalue weighted by Crippen LogP contribution is -2.36. The number of carbonyl (C=O) groups excluding carboxylic acids is 1. The van der Waals surface area contributed by atoms with Crippen LogP contribution in [0.2, 0.25) is 0 Å². The fourth-order valence-corrected chi connectivity index (χ4v) is 5.75. The third-order valence-electron chi connectivity index (χ3n) is 5.80. The molecule has 2 aromatic rings. The van der Waals surface area contributed by atoms with E-state index < -0.39 is 15.5 Å². The highest BCUT2D eigenvalue weighted by atomic mass is 32.2. The first-order valence-corrected chi connectivity index (χ1v) is 11.3. The van der Waals surface area contributed by atoms with Crippen LogP contribution >= 0.6 is 0 Å². The minimum absolute atomic E-state index is 0.0534. The molecule has 1 N–H and O–H groups in total. The van der Waals surface area contributed by atoms with Crippen LogP contribution in [0, 0.1) is 0 Å². The van der Waals surface area contributed by atoms with Gasteiger partial charge in [-0.2, -0.15) is 4.31 Å². The van der Waals surface area contributed by atoms with Crippen molar-refractivity contribution in [3.8, 4) is 0 Å². The molecule has 150 valence electrons. The molecule has 1 aromatic carbocycles. The Hall–Kier alpha value is -2.19. The summed E-state index contributed by atoms with van der Waals surface area (Å²) in [4.78, 5) is 25.8. The van der Waals surface area contributed by atoms with Gasteiger partial charge < -0.3 is 9.88 Å². The standard InChI is InChI=1S/C20H25N3O4S/c1-22-13-17(20(25)21-14-6-2-3-7-14)19(24)16-12-15(8-9-18(16)22)28(26,27)23-10-4-5-11-23/h8-9,12-14H,2-7,10-11H2,1H3,(H,21,25). The van der Waals surface area contributed by atoms with Gasteiger partial charge in [0.15, 0.2) is 0 Å². The number of hydrogen-bond acceptors (Lipinski definition) is 4. The summed E-state index contributed by atoms with van der Waals surface area (Å²) >= 11 is 0. The molecular weight excluding hydrogens is 378 g/mol.